The summed E-state index contributed by atoms with van der Waals surface area (Å²) in [5.41, 5.74) is 2.52. The summed E-state index contributed by atoms with van der Waals surface area (Å²) in [5.74, 6) is 1.67. The summed E-state index contributed by atoms with van der Waals surface area (Å²) in [6.45, 7) is 2.87. The molecular formula is C20H22N4O5. The lowest BCUT2D eigenvalue weighted by Gasteiger charge is -2.09. The van der Waals surface area contributed by atoms with Crippen LogP contribution in [0, 0.1) is 0 Å². The van der Waals surface area contributed by atoms with E-state index in [-0.39, 0.29) is 13.2 Å². The summed E-state index contributed by atoms with van der Waals surface area (Å²) in [6.07, 6.45) is 0.605. The lowest BCUT2D eigenvalue weighted by Crippen LogP contribution is -2.26. The molecule has 0 saturated heterocycles. The third-order valence-electron chi connectivity index (χ3n) is 3.95. The van der Waals surface area contributed by atoms with Crippen LogP contribution in [0.15, 0.2) is 48.7 Å². The largest absolute Gasteiger partial charge is 0.492 e. The Morgan fingerprint density at radius 1 is 1.14 bits per heavy atom. The average molecular weight is 398 g/mol. The van der Waals surface area contributed by atoms with Crippen molar-refractivity contribution in [2.45, 2.75) is 6.92 Å². The SMILES string of the molecule is CCOc1cc(-c2ccc(OCCNC(=O)O)cc2)n(-c2ccc(OC)nc2)n1. The number of nitrogens with zero attached hydrogens (tertiary/aromatic N) is 3. The Hall–Kier alpha value is -3.75. The van der Waals surface area contributed by atoms with Gasteiger partial charge in [-0.3, -0.25) is 0 Å². The van der Waals surface area contributed by atoms with Crippen molar-refractivity contribution >= 4 is 6.09 Å². The molecule has 0 aliphatic heterocycles. The highest BCUT2D eigenvalue weighted by Gasteiger charge is 2.13. The van der Waals surface area contributed by atoms with Gasteiger partial charge in [-0.15, -0.1) is 5.10 Å². The van der Waals surface area contributed by atoms with E-state index in [1.165, 1.54) is 0 Å². The van der Waals surface area contributed by atoms with Crippen LogP contribution in [0.25, 0.3) is 16.9 Å². The predicted molar refractivity (Wildman–Crippen MR) is 106 cm³/mol. The van der Waals surface area contributed by atoms with Crippen molar-refractivity contribution in [3.8, 4) is 34.5 Å². The molecule has 9 heteroatoms. The summed E-state index contributed by atoms with van der Waals surface area (Å²) in [7, 11) is 1.57. The first-order valence-electron chi connectivity index (χ1n) is 9.04. The van der Waals surface area contributed by atoms with Gasteiger partial charge >= 0.3 is 6.09 Å². The maximum Gasteiger partial charge on any atom is 0.404 e. The minimum Gasteiger partial charge on any atom is -0.492 e. The second-order valence-electron chi connectivity index (χ2n) is 5.88. The van der Waals surface area contributed by atoms with Crippen LogP contribution in [-0.2, 0) is 0 Å². The van der Waals surface area contributed by atoms with Gasteiger partial charge in [-0.25, -0.2) is 14.5 Å². The van der Waals surface area contributed by atoms with Crippen LogP contribution < -0.4 is 19.5 Å². The zero-order chi connectivity index (χ0) is 20.6. The number of pyridine rings is 1. The molecule has 0 aliphatic carbocycles. The Bertz CT molecular complexity index is 939. The first-order valence-corrected chi connectivity index (χ1v) is 9.04. The lowest BCUT2D eigenvalue weighted by molar-refractivity contribution is 0.191. The molecular weight excluding hydrogens is 376 g/mol. The van der Waals surface area contributed by atoms with Crippen LogP contribution in [0.3, 0.4) is 0 Å². The van der Waals surface area contributed by atoms with Gasteiger partial charge in [0.25, 0.3) is 0 Å². The highest BCUT2D eigenvalue weighted by atomic mass is 16.5. The van der Waals surface area contributed by atoms with Gasteiger partial charge in [-0.05, 0) is 37.3 Å². The molecule has 0 saturated carbocycles. The fourth-order valence-corrected chi connectivity index (χ4v) is 2.65. The number of rotatable bonds is 9. The number of ether oxygens (including phenoxy) is 3. The topological polar surface area (TPSA) is 108 Å². The lowest BCUT2D eigenvalue weighted by atomic mass is 10.1. The van der Waals surface area contributed by atoms with E-state index < -0.39 is 6.09 Å². The molecule has 2 aromatic heterocycles. The average Bonchev–Trinajstić information content (AvgIpc) is 3.16. The zero-order valence-corrected chi connectivity index (χ0v) is 16.2. The maximum absolute atomic E-state index is 10.4. The van der Waals surface area contributed by atoms with E-state index in [1.54, 1.807) is 24.1 Å². The molecule has 0 spiro atoms. The van der Waals surface area contributed by atoms with E-state index in [1.807, 2.05) is 43.3 Å². The van der Waals surface area contributed by atoms with Crippen molar-refractivity contribution < 1.29 is 24.1 Å². The molecule has 3 rings (SSSR count). The normalized spacial score (nSPS) is 10.4. The third kappa shape index (κ3) is 5.16. The number of hydrogen-bond acceptors (Lipinski definition) is 6. The van der Waals surface area contributed by atoms with Gasteiger partial charge in [0.15, 0.2) is 0 Å². The van der Waals surface area contributed by atoms with Crippen LogP contribution in [0.2, 0.25) is 0 Å². The molecule has 3 aromatic rings. The van der Waals surface area contributed by atoms with E-state index in [2.05, 4.69) is 15.4 Å². The molecule has 0 unspecified atom stereocenters. The Labute approximate surface area is 167 Å². The molecule has 9 nitrogen and oxygen atoms in total. The van der Waals surface area contributed by atoms with Crippen LogP contribution in [-0.4, -0.2) is 52.8 Å². The van der Waals surface area contributed by atoms with E-state index in [0.29, 0.717) is 24.1 Å². The summed E-state index contributed by atoms with van der Waals surface area (Å²) in [4.78, 5) is 14.7. The van der Waals surface area contributed by atoms with E-state index >= 15 is 0 Å². The van der Waals surface area contributed by atoms with Crippen molar-refractivity contribution in [2.24, 2.45) is 0 Å². The minimum absolute atomic E-state index is 0.214. The van der Waals surface area contributed by atoms with Crippen LogP contribution in [0.4, 0.5) is 4.79 Å². The molecule has 0 radical (unpaired) electrons. The Balaban J connectivity index is 1.82. The van der Waals surface area contributed by atoms with Crippen LogP contribution >= 0.6 is 0 Å². The summed E-state index contributed by atoms with van der Waals surface area (Å²) in [6, 6.07) is 12.9. The van der Waals surface area contributed by atoms with Gasteiger partial charge in [0, 0.05) is 17.7 Å². The molecule has 2 N–H and O–H groups in total. The molecule has 1 amide bonds. The van der Waals surface area contributed by atoms with Gasteiger partial charge in [0.1, 0.15) is 12.4 Å². The van der Waals surface area contributed by atoms with Gasteiger partial charge in [0.05, 0.1) is 37.8 Å². The van der Waals surface area contributed by atoms with Crippen molar-refractivity contribution in [3.05, 3.63) is 48.7 Å². The zero-order valence-electron chi connectivity index (χ0n) is 16.2. The third-order valence-corrected chi connectivity index (χ3v) is 3.95. The Morgan fingerprint density at radius 3 is 2.55 bits per heavy atom. The smallest absolute Gasteiger partial charge is 0.404 e. The number of hydrogen-bond donors (Lipinski definition) is 2. The summed E-state index contributed by atoms with van der Waals surface area (Å²) in [5, 5.41) is 15.3. The summed E-state index contributed by atoms with van der Waals surface area (Å²) < 4.78 is 18.0. The molecule has 152 valence electrons. The maximum atomic E-state index is 10.4. The fraction of sp³-hybridized carbons (Fsp3) is 0.250. The standard InChI is InChI=1S/C20H22N4O5/c1-3-28-19-12-17(24(23-19)15-6-9-18(27-2)22-13-15)14-4-7-16(8-5-14)29-11-10-21-20(25)26/h4-9,12-13,21H,3,10-11H2,1-2H3,(H,25,26). The predicted octanol–water partition coefficient (Wildman–Crippen LogP) is 2.99. The number of benzene rings is 1. The molecule has 0 fully saturated rings. The highest BCUT2D eigenvalue weighted by Crippen LogP contribution is 2.28. The minimum atomic E-state index is -1.07. The van der Waals surface area contributed by atoms with E-state index in [0.717, 1.165) is 16.9 Å². The number of amides is 1. The van der Waals surface area contributed by atoms with Crippen LogP contribution in [0.5, 0.6) is 17.5 Å². The van der Waals surface area contributed by atoms with Crippen molar-refractivity contribution in [1.82, 2.24) is 20.1 Å². The quantitative estimate of drug-likeness (QED) is 0.534. The van der Waals surface area contributed by atoms with E-state index in [9.17, 15) is 4.79 Å². The van der Waals surface area contributed by atoms with Gasteiger partial charge in [0.2, 0.25) is 11.8 Å². The highest BCUT2D eigenvalue weighted by molar-refractivity contribution is 5.65. The number of methoxy groups -OCH3 is 1. The first-order chi connectivity index (χ1) is 14.1. The fourth-order valence-electron chi connectivity index (χ4n) is 2.65. The second-order valence-corrected chi connectivity index (χ2v) is 5.88. The van der Waals surface area contributed by atoms with Crippen molar-refractivity contribution in [3.63, 3.8) is 0 Å². The molecule has 0 atom stereocenters. The number of aromatic nitrogens is 3. The van der Waals surface area contributed by atoms with E-state index in [4.69, 9.17) is 19.3 Å². The second kappa shape index (κ2) is 9.45. The molecule has 0 aliphatic rings. The number of carbonyl (C=O) groups is 1. The van der Waals surface area contributed by atoms with Gasteiger partial charge in [-0.1, -0.05) is 0 Å². The van der Waals surface area contributed by atoms with Crippen LogP contribution in [0.1, 0.15) is 6.92 Å². The summed E-state index contributed by atoms with van der Waals surface area (Å²) >= 11 is 0. The molecule has 1 aromatic carbocycles. The Morgan fingerprint density at radius 2 is 1.93 bits per heavy atom. The van der Waals surface area contributed by atoms with Crippen molar-refractivity contribution in [2.75, 3.05) is 26.9 Å². The Kier molecular flexibility index (Phi) is 6.51. The number of carboxylic acid groups (broad SMARTS) is 1. The molecule has 0 bridgehead atoms. The van der Waals surface area contributed by atoms with Gasteiger partial charge < -0.3 is 24.6 Å². The first kappa shape index (κ1) is 20.0. The number of nitrogens with one attached hydrogen (secondary N) is 1. The molecule has 2 heterocycles. The molecule has 29 heavy (non-hydrogen) atoms. The van der Waals surface area contributed by atoms with Crippen molar-refractivity contribution in [1.29, 1.82) is 0 Å². The monoisotopic (exact) mass is 398 g/mol. The van der Waals surface area contributed by atoms with Gasteiger partial charge in [-0.2, -0.15) is 0 Å².